The van der Waals surface area contributed by atoms with Crippen molar-refractivity contribution in [2.75, 3.05) is 5.73 Å². The molecule has 1 rings (SSSR count). The van der Waals surface area contributed by atoms with Crippen molar-refractivity contribution in [3.05, 3.63) is 54.0 Å². The Bertz CT molecular complexity index is 402. The topological polar surface area (TPSA) is 43.1 Å². The van der Waals surface area contributed by atoms with Gasteiger partial charge in [0.1, 0.15) is 0 Å². The van der Waals surface area contributed by atoms with E-state index in [1.165, 1.54) is 17.4 Å². The molecule has 1 heterocycles. The van der Waals surface area contributed by atoms with Crippen molar-refractivity contribution in [2.45, 2.75) is 13.8 Å². The number of ketones is 1. The van der Waals surface area contributed by atoms with E-state index in [2.05, 4.69) is 13.2 Å². The summed E-state index contributed by atoms with van der Waals surface area (Å²) in [6, 6.07) is 1.71. The minimum Gasteiger partial charge on any atom is -0.390 e. The van der Waals surface area contributed by atoms with Crippen LogP contribution >= 0.6 is 11.3 Å². The summed E-state index contributed by atoms with van der Waals surface area (Å²) in [5, 5.41) is 2.32. The van der Waals surface area contributed by atoms with Crippen LogP contribution in [0.25, 0.3) is 0 Å². The van der Waals surface area contributed by atoms with Crippen LogP contribution in [0.3, 0.4) is 0 Å². The van der Waals surface area contributed by atoms with Crippen molar-refractivity contribution >= 4 is 22.1 Å². The van der Waals surface area contributed by atoms with Gasteiger partial charge in [-0.3, -0.25) is 4.79 Å². The molecule has 86 valence electrons. The molecule has 0 saturated heterocycles. The largest absolute Gasteiger partial charge is 0.390 e. The zero-order valence-corrected chi connectivity index (χ0v) is 10.5. The molecule has 2 N–H and O–H groups in total. The fourth-order valence-corrected chi connectivity index (χ4v) is 1.67. The maximum absolute atomic E-state index is 11.8. The third kappa shape index (κ3) is 3.51. The van der Waals surface area contributed by atoms with Crippen molar-refractivity contribution in [2.24, 2.45) is 0 Å². The van der Waals surface area contributed by atoms with Crippen LogP contribution in [0.5, 0.6) is 0 Å². The minimum absolute atomic E-state index is 0.112. The summed E-state index contributed by atoms with van der Waals surface area (Å²) < 4.78 is 0. The highest BCUT2D eigenvalue weighted by atomic mass is 32.1. The lowest BCUT2D eigenvalue weighted by Gasteiger charge is -1.99. The monoisotopic (exact) mass is 235 g/mol. The highest BCUT2D eigenvalue weighted by Gasteiger charge is 2.12. The van der Waals surface area contributed by atoms with Crippen molar-refractivity contribution in [3.8, 4) is 0 Å². The number of hydrogen-bond acceptors (Lipinski definition) is 3. The molecule has 1 aromatic rings. The van der Waals surface area contributed by atoms with E-state index in [1.54, 1.807) is 23.6 Å². The quantitative estimate of drug-likeness (QED) is 0.489. The number of carbonyl (C=O) groups excluding carboxylic acids is 1. The molecule has 0 atom stereocenters. The number of nitrogen functional groups attached to an aromatic ring is 1. The lowest BCUT2D eigenvalue weighted by atomic mass is 10.1. The number of thiophene rings is 1. The van der Waals surface area contributed by atoms with Crippen LogP contribution in [0.15, 0.2) is 48.4 Å². The van der Waals surface area contributed by atoms with Crippen LogP contribution in [0, 0.1) is 0 Å². The van der Waals surface area contributed by atoms with Crippen LogP contribution in [-0.2, 0) is 0 Å². The van der Waals surface area contributed by atoms with Gasteiger partial charge in [0.15, 0.2) is 5.78 Å². The van der Waals surface area contributed by atoms with Crippen LogP contribution in [0.4, 0.5) is 5.00 Å². The highest BCUT2D eigenvalue weighted by Crippen LogP contribution is 2.22. The van der Waals surface area contributed by atoms with E-state index in [9.17, 15) is 4.79 Å². The molecule has 0 saturated carbocycles. The minimum atomic E-state index is -0.112. The van der Waals surface area contributed by atoms with Gasteiger partial charge in [0.2, 0.25) is 0 Å². The molecule has 0 aliphatic carbocycles. The van der Waals surface area contributed by atoms with Gasteiger partial charge in [0.25, 0.3) is 0 Å². The molecule has 0 aliphatic rings. The van der Waals surface area contributed by atoms with Gasteiger partial charge < -0.3 is 5.73 Å². The molecule has 2 nitrogen and oxygen atoms in total. The number of carbonyl (C=O) groups is 1. The number of Topliss-reactive ketones (excluding diaryl/α,β-unsaturated/α-hetero) is 1. The summed E-state index contributed by atoms with van der Waals surface area (Å²) in [5.41, 5.74) is 6.68. The molecule has 1 aromatic heterocycles. The van der Waals surface area contributed by atoms with Crippen LogP contribution in [-0.4, -0.2) is 5.78 Å². The second kappa shape index (κ2) is 7.65. The van der Waals surface area contributed by atoms with E-state index in [0.717, 1.165) is 0 Å². The predicted molar refractivity (Wildman–Crippen MR) is 72.9 cm³/mol. The smallest absolute Gasteiger partial charge is 0.195 e. The average molecular weight is 235 g/mol. The first kappa shape index (κ1) is 14.4. The molecule has 16 heavy (non-hydrogen) atoms. The molecule has 0 bridgehead atoms. The third-order valence-electron chi connectivity index (χ3n) is 1.72. The number of allylic oxidation sites excluding steroid dienone is 4. The summed E-state index contributed by atoms with van der Waals surface area (Å²) in [4.78, 5) is 11.8. The zero-order chi connectivity index (χ0) is 12.6. The van der Waals surface area contributed by atoms with Crippen molar-refractivity contribution in [3.63, 3.8) is 0 Å². The Morgan fingerprint density at radius 1 is 1.44 bits per heavy atom. The lowest BCUT2D eigenvalue weighted by molar-refractivity contribution is 0.103. The van der Waals surface area contributed by atoms with Crippen molar-refractivity contribution in [1.82, 2.24) is 0 Å². The van der Waals surface area contributed by atoms with Crippen molar-refractivity contribution in [1.29, 1.82) is 0 Å². The molecule has 0 spiro atoms. The standard InChI is InChI=1S/C11H11NOS.C2H6/c1-3-5-8(4-2)10(13)9-6-7-14-11(9)12;1-2/h3-7H,1-2,12H2;1-2H3/b8-5+;. The van der Waals surface area contributed by atoms with Gasteiger partial charge >= 0.3 is 0 Å². The third-order valence-corrected chi connectivity index (χ3v) is 2.47. The van der Waals surface area contributed by atoms with Crippen molar-refractivity contribution < 1.29 is 4.79 Å². The van der Waals surface area contributed by atoms with E-state index in [-0.39, 0.29) is 5.78 Å². The van der Waals surface area contributed by atoms with Crippen LogP contribution in [0.1, 0.15) is 24.2 Å². The second-order valence-corrected chi connectivity index (χ2v) is 3.54. The van der Waals surface area contributed by atoms with Gasteiger partial charge in [-0.25, -0.2) is 0 Å². The summed E-state index contributed by atoms with van der Waals surface area (Å²) in [5.74, 6) is -0.112. The van der Waals surface area contributed by atoms with E-state index < -0.39 is 0 Å². The van der Waals surface area contributed by atoms with Crippen LogP contribution in [0.2, 0.25) is 0 Å². The maximum Gasteiger partial charge on any atom is 0.195 e. The molecule has 3 heteroatoms. The van der Waals surface area contributed by atoms with Gasteiger partial charge in [-0.05, 0) is 11.4 Å². The van der Waals surface area contributed by atoms with E-state index in [0.29, 0.717) is 16.1 Å². The molecule has 0 amide bonds. The summed E-state index contributed by atoms with van der Waals surface area (Å²) in [6.07, 6.45) is 4.67. The zero-order valence-electron chi connectivity index (χ0n) is 9.69. The van der Waals surface area contributed by atoms with Gasteiger partial charge in [-0.1, -0.05) is 45.2 Å². The lowest BCUT2D eigenvalue weighted by Crippen LogP contribution is -2.02. The summed E-state index contributed by atoms with van der Waals surface area (Å²) in [7, 11) is 0. The Morgan fingerprint density at radius 3 is 2.44 bits per heavy atom. The van der Waals surface area contributed by atoms with Gasteiger partial charge in [0, 0.05) is 5.57 Å². The summed E-state index contributed by atoms with van der Waals surface area (Å²) in [6.45, 7) is 11.1. The molecule has 0 unspecified atom stereocenters. The van der Waals surface area contributed by atoms with Gasteiger partial charge in [0.05, 0.1) is 10.6 Å². The summed E-state index contributed by atoms with van der Waals surface area (Å²) >= 11 is 1.35. The first-order valence-corrected chi connectivity index (χ1v) is 5.91. The predicted octanol–water partition coefficient (Wildman–Crippen LogP) is 3.84. The van der Waals surface area contributed by atoms with Gasteiger partial charge in [-0.2, -0.15) is 0 Å². The highest BCUT2D eigenvalue weighted by molar-refractivity contribution is 7.14. The SMILES string of the molecule is C=C/C=C(\C=C)C(=O)c1ccsc1N.CC. The Balaban J connectivity index is 0.00000106. The Morgan fingerprint density at radius 2 is 2.06 bits per heavy atom. The Labute approximate surface area is 101 Å². The molecule has 0 aromatic carbocycles. The molecule has 0 aliphatic heterocycles. The Kier molecular flexibility index (Phi) is 6.88. The van der Waals surface area contributed by atoms with Crippen LogP contribution < -0.4 is 5.73 Å². The second-order valence-electron chi connectivity index (χ2n) is 2.59. The Hall–Kier alpha value is -1.61. The van der Waals surface area contributed by atoms with Gasteiger partial charge in [-0.15, -0.1) is 11.3 Å². The molecular weight excluding hydrogens is 218 g/mol. The first-order chi connectivity index (χ1) is 7.70. The molecular formula is C13H17NOS. The number of hydrogen-bond donors (Lipinski definition) is 1. The average Bonchev–Trinajstić information content (AvgIpc) is 2.74. The van der Waals surface area contributed by atoms with E-state index in [4.69, 9.17) is 5.73 Å². The number of nitrogens with two attached hydrogens (primary N) is 1. The fourth-order valence-electron chi connectivity index (χ4n) is 1.03. The maximum atomic E-state index is 11.8. The number of anilines is 1. The first-order valence-electron chi connectivity index (χ1n) is 5.03. The normalized spacial score (nSPS) is 10.0. The van der Waals surface area contributed by atoms with E-state index in [1.807, 2.05) is 13.8 Å². The number of rotatable bonds is 4. The van der Waals surface area contributed by atoms with E-state index >= 15 is 0 Å². The molecule has 0 radical (unpaired) electrons. The fraction of sp³-hybridized carbons (Fsp3) is 0.154. The molecule has 0 fully saturated rings.